The van der Waals surface area contributed by atoms with Crippen molar-refractivity contribution in [3.8, 4) is 0 Å². The number of hydrogen-bond donors (Lipinski definition) is 0. The van der Waals surface area contributed by atoms with Gasteiger partial charge < -0.3 is 14.2 Å². The van der Waals surface area contributed by atoms with Gasteiger partial charge in [0.2, 0.25) is 0 Å². The quantitative estimate of drug-likeness (QED) is 0.0261. The summed E-state index contributed by atoms with van der Waals surface area (Å²) in [4.78, 5) is 38.4. The summed E-state index contributed by atoms with van der Waals surface area (Å²) in [6.45, 7) is 6.50. The van der Waals surface area contributed by atoms with E-state index in [0.29, 0.717) is 25.7 Å². The SMILES string of the molecule is CC/C=C\C/C=C\C/C=C\C/C=C\C/C=C\C/C=C\C/C=C\C/C=C\CCCCC(=O)OCC(COC(=O)CCCCCCCCCCCCCCCCC)OC(=O)CCCCCCCCCC/C=C\C/C=C\C/C=C\CCCCCCC. The highest BCUT2D eigenvalue weighted by Crippen LogP contribution is 2.16. The summed E-state index contributed by atoms with van der Waals surface area (Å²) in [6, 6.07) is 0. The zero-order valence-electron chi connectivity index (χ0n) is 54.2. The fraction of sp³-hybridized carbons (Fsp3) is 0.675. The number of rotatable bonds is 62. The predicted molar refractivity (Wildman–Crippen MR) is 362 cm³/mol. The smallest absolute Gasteiger partial charge is 0.306 e. The third kappa shape index (κ3) is 68.2. The molecule has 0 heterocycles. The Morgan fingerprint density at radius 3 is 0.759 bits per heavy atom. The van der Waals surface area contributed by atoms with E-state index in [0.717, 1.165) is 122 Å². The molecule has 6 heteroatoms. The highest BCUT2D eigenvalue weighted by atomic mass is 16.6. The molecule has 1 unspecified atom stereocenters. The van der Waals surface area contributed by atoms with Crippen molar-refractivity contribution in [2.75, 3.05) is 13.2 Å². The van der Waals surface area contributed by atoms with Crippen molar-refractivity contribution in [2.45, 2.75) is 322 Å². The molecule has 0 radical (unpaired) electrons. The Hall–Kier alpha value is -4.45. The highest BCUT2D eigenvalue weighted by Gasteiger charge is 2.19. The zero-order chi connectivity index (χ0) is 59.9. The van der Waals surface area contributed by atoms with Crippen molar-refractivity contribution in [3.63, 3.8) is 0 Å². The van der Waals surface area contributed by atoms with Gasteiger partial charge in [0, 0.05) is 19.3 Å². The van der Waals surface area contributed by atoms with Gasteiger partial charge in [-0.3, -0.25) is 14.4 Å². The number of allylic oxidation sites excluding steroid dienone is 22. The van der Waals surface area contributed by atoms with Crippen LogP contribution in [0, 0.1) is 0 Å². The number of carbonyl (C=O) groups is 3. The summed E-state index contributed by atoms with van der Waals surface area (Å²) < 4.78 is 16.9. The Labute approximate surface area is 513 Å². The maximum absolute atomic E-state index is 13.0. The summed E-state index contributed by atoms with van der Waals surface area (Å²) in [5, 5.41) is 0. The number of hydrogen-bond acceptors (Lipinski definition) is 6. The third-order valence-corrected chi connectivity index (χ3v) is 14.6. The van der Waals surface area contributed by atoms with Crippen molar-refractivity contribution in [3.05, 3.63) is 134 Å². The lowest BCUT2D eigenvalue weighted by Gasteiger charge is -2.18. The van der Waals surface area contributed by atoms with Gasteiger partial charge in [0.1, 0.15) is 13.2 Å². The minimum atomic E-state index is -0.805. The highest BCUT2D eigenvalue weighted by molar-refractivity contribution is 5.71. The molecule has 0 aromatic heterocycles. The number of unbranched alkanes of at least 4 members (excludes halogenated alkanes) is 29. The van der Waals surface area contributed by atoms with Crippen molar-refractivity contribution >= 4 is 17.9 Å². The van der Waals surface area contributed by atoms with Gasteiger partial charge >= 0.3 is 17.9 Å². The zero-order valence-corrected chi connectivity index (χ0v) is 54.2. The molecule has 0 N–H and O–H groups in total. The van der Waals surface area contributed by atoms with E-state index in [1.54, 1.807) is 0 Å². The van der Waals surface area contributed by atoms with Crippen LogP contribution in [0.25, 0.3) is 0 Å². The minimum Gasteiger partial charge on any atom is -0.462 e. The standard InChI is InChI=1S/C77H128O6/c1-4-7-10-13-16-19-22-25-28-30-32-34-36-37-38-39-41-42-44-46-49-52-55-58-61-64-67-70-76(79)82-73-74(72-81-75(78)69-66-63-60-57-54-51-48-27-24-21-18-15-12-9-6-3)83-77(80)71-68-65-62-59-56-53-50-47-45-43-40-35-33-31-29-26-23-20-17-14-11-8-5-2/h7,10,16,19,23,25-26,28,31-34,37-38,40-43,46,49,55,58,74H,4-6,8-9,11-15,17-18,20-22,24,27,29-30,35-36,39,44-45,47-48,50-54,56-57,59-73H2,1-3H3/b10-7-,19-16-,26-23-,28-25-,33-31-,34-32-,38-37-,42-41-,43-40-,49-46-,58-55-. The lowest BCUT2D eigenvalue weighted by Crippen LogP contribution is -2.30. The van der Waals surface area contributed by atoms with Gasteiger partial charge in [0.15, 0.2) is 6.10 Å². The normalized spacial score (nSPS) is 13.0. The van der Waals surface area contributed by atoms with Gasteiger partial charge in [-0.25, -0.2) is 0 Å². The van der Waals surface area contributed by atoms with E-state index in [1.807, 2.05) is 0 Å². The molecule has 0 amide bonds. The maximum atomic E-state index is 13.0. The monoisotopic (exact) mass is 1150 g/mol. The average molecular weight is 1150 g/mol. The van der Waals surface area contributed by atoms with Crippen LogP contribution >= 0.6 is 0 Å². The first-order valence-electron chi connectivity index (χ1n) is 34.7. The first kappa shape index (κ1) is 78.5. The van der Waals surface area contributed by atoms with E-state index in [2.05, 4.69) is 154 Å². The van der Waals surface area contributed by atoms with E-state index in [1.165, 1.54) is 148 Å². The molecule has 472 valence electrons. The summed E-state index contributed by atoms with van der Waals surface area (Å²) in [5.41, 5.74) is 0. The Morgan fingerprint density at radius 1 is 0.253 bits per heavy atom. The van der Waals surface area contributed by atoms with Crippen molar-refractivity contribution in [2.24, 2.45) is 0 Å². The van der Waals surface area contributed by atoms with Gasteiger partial charge in [-0.1, -0.05) is 309 Å². The first-order chi connectivity index (χ1) is 41.0. The van der Waals surface area contributed by atoms with Crippen LogP contribution in [0.2, 0.25) is 0 Å². The molecule has 0 rings (SSSR count). The number of ether oxygens (including phenoxy) is 3. The van der Waals surface area contributed by atoms with Gasteiger partial charge in [0.25, 0.3) is 0 Å². The van der Waals surface area contributed by atoms with Gasteiger partial charge in [-0.2, -0.15) is 0 Å². The van der Waals surface area contributed by atoms with Crippen molar-refractivity contribution < 1.29 is 28.6 Å². The lowest BCUT2D eigenvalue weighted by atomic mass is 10.0. The molecular weight excluding hydrogens is 1020 g/mol. The van der Waals surface area contributed by atoms with E-state index in [-0.39, 0.29) is 31.1 Å². The van der Waals surface area contributed by atoms with Gasteiger partial charge in [-0.05, 0) is 122 Å². The van der Waals surface area contributed by atoms with E-state index in [9.17, 15) is 14.4 Å². The van der Waals surface area contributed by atoms with Crippen LogP contribution in [-0.4, -0.2) is 37.2 Å². The fourth-order valence-electron chi connectivity index (χ4n) is 9.47. The van der Waals surface area contributed by atoms with Crippen LogP contribution < -0.4 is 0 Å². The second-order valence-electron chi connectivity index (χ2n) is 22.7. The van der Waals surface area contributed by atoms with E-state index in [4.69, 9.17) is 14.2 Å². The number of carbonyl (C=O) groups excluding carboxylic acids is 3. The van der Waals surface area contributed by atoms with E-state index < -0.39 is 6.10 Å². The Morgan fingerprint density at radius 2 is 0.470 bits per heavy atom. The topological polar surface area (TPSA) is 78.9 Å². The molecule has 0 spiro atoms. The van der Waals surface area contributed by atoms with Crippen LogP contribution in [-0.2, 0) is 28.6 Å². The summed E-state index contributed by atoms with van der Waals surface area (Å²) in [5.74, 6) is -0.941. The van der Waals surface area contributed by atoms with Crippen LogP contribution in [0.5, 0.6) is 0 Å². The Kier molecular flexibility index (Phi) is 66.3. The fourth-order valence-corrected chi connectivity index (χ4v) is 9.47. The molecule has 0 fully saturated rings. The molecule has 0 aromatic rings. The third-order valence-electron chi connectivity index (χ3n) is 14.6. The largest absolute Gasteiger partial charge is 0.462 e. The number of esters is 3. The second-order valence-corrected chi connectivity index (χ2v) is 22.7. The predicted octanol–water partition coefficient (Wildman–Crippen LogP) is 24.1. The van der Waals surface area contributed by atoms with Crippen molar-refractivity contribution in [1.29, 1.82) is 0 Å². The van der Waals surface area contributed by atoms with Crippen LogP contribution in [0.3, 0.4) is 0 Å². The molecule has 0 saturated carbocycles. The van der Waals surface area contributed by atoms with E-state index >= 15 is 0 Å². The minimum absolute atomic E-state index is 0.0960. The molecular formula is C77H128O6. The summed E-state index contributed by atoms with van der Waals surface area (Å²) in [7, 11) is 0. The van der Waals surface area contributed by atoms with Crippen molar-refractivity contribution in [1.82, 2.24) is 0 Å². The molecule has 0 saturated heterocycles. The molecule has 0 aliphatic heterocycles. The van der Waals surface area contributed by atoms with Crippen LogP contribution in [0.1, 0.15) is 316 Å². The van der Waals surface area contributed by atoms with Crippen LogP contribution in [0.4, 0.5) is 0 Å². The molecule has 0 aliphatic rings. The average Bonchev–Trinajstić information content (AvgIpc) is 3.49. The molecule has 0 bridgehead atoms. The van der Waals surface area contributed by atoms with Gasteiger partial charge in [0.05, 0.1) is 0 Å². The molecule has 1 atom stereocenters. The summed E-state index contributed by atoms with van der Waals surface area (Å²) in [6.07, 6.45) is 98.9. The molecule has 0 aromatic carbocycles. The lowest BCUT2D eigenvalue weighted by molar-refractivity contribution is -0.167. The molecule has 6 nitrogen and oxygen atoms in total. The molecule has 0 aliphatic carbocycles. The van der Waals surface area contributed by atoms with Crippen LogP contribution in [0.15, 0.2) is 134 Å². The Bertz CT molecular complexity index is 1750. The second kappa shape index (κ2) is 70.0. The Balaban J connectivity index is 4.46. The first-order valence-corrected chi connectivity index (χ1v) is 34.7. The maximum Gasteiger partial charge on any atom is 0.306 e. The van der Waals surface area contributed by atoms with Gasteiger partial charge in [-0.15, -0.1) is 0 Å². The summed E-state index contributed by atoms with van der Waals surface area (Å²) >= 11 is 0. The molecule has 83 heavy (non-hydrogen) atoms.